The zero-order chi connectivity index (χ0) is 20.2. The van der Waals surface area contributed by atoms with E-state index in [9.17, 15) is 4.79 Å². The van der Waals surface area contributed by atoms with Gasteiger partial charge in [-0.05, 0) is 56.1 Å². The summed E-state index contributed by atoms with van der Waals surface area (Å²) < 4.78 is 2.28. The highest BCUT2D eigenvalue weighted by Crippen LogP contribution is 2.22. The molecule has 1 saturated heterocycles. The molecule has 1 aliphatic rings. The van der Waals surface area contributed by atoms with Gasteiger partial charge in [-0.25, -0.2) is 4.98 Å². The Morgan fingerprint density at radius 2 is 2.00 bits per heavy atom. The average Bonchev–Trinajstić information content (AvgIpc) is 3.10. The Morgan fingerprint density at radius 3 is 2.79 bits per heavy atom. The molecule has 0 saturated carbocycles. The van der Waals surface area contributed by atoms with Gasteiger partial charge in [0.25, 0.3) is 0 Å². The fraction of sp³-hybridized carbons (Fsp3) is 0.391. The summed E-state index contributed by atoms with van der Waals surface area (Å²) in [6.07, 6.45) is 1.97. The molecular formula is C23H27ClN4O. The molecule has 0 bridgehead atoms. The molecule has 5 nitrogen and oxygen atoms in total. The van der Waals surface area contributed by atoms with Gasteiger partial charge >= 0.3 is 0 Å². The molecule has 152 valence electrons. The number of aromatic nitrogens is 2. The van der Waals surface area contributed by atoms with Gasteiger partial charge in [0.15, 0.2) is 0 Å². The Bertz CT molecular complexity index is 982. The predicted octanol–water partition coefficient (Wildman–Crippen LogP) is 4.24. The molecule has 29 heavy (non-hydrogen) atoms. The van der Waals surface area contributed by atoms with Crippen LogP contribution in [0.1, 0.15) is 31.2 Å². The second-order valence-electron chi connectivity index (χ2n) is 7.68. The Hall–Kier alpha value is -2.37. The normalized spacial score (nSPS) is 17.5. The number of likely N-dealkylation sites (tertiary alicyclic amines) is 1. The van der Waals surface area contributed by atoms with Crippen LogP contribution in [0.25, 0.3) is 11.0 Å². The Morgan fingerprint density at radius 1 is 1.21 bits per heavy atom. The van der Waals surface area contributed by atoms with Crippen molar-refractivity contribution in [2.24, 2.45) is 5.92 Å². The van der Waals surface area contributed by atoms with Crippen molar-refractivity contribution in [3.63, 3.8) is 0 Å². The summed E-state index contributed by atoms with van der Waals surface area (Å²) in [5.41, 5.74) is 3.28. The van der Waals surface area contributed by atoms with E-state index in [1.807, 2.05) is 30.3 Å². The second-order valence-corrected chi connectivity index (χ2v) is 8.12. The van der Waals surface area contributed by atoms with Gasteiger partial charge in [0.2, 0.25) is 5.91 Å². The number of hydrogen-bond donors (Lipinski definition) is 1. The second kappa shape index (κ2) is 8.97. The number of amides is 1. The lowest BCUT2D eigenvalue weighted by molar-refractivity contribution is -0.127. The number of nitrogens with one attached hydrogen (secondary N) is 1. The monoisotopic (exact) mass is 410 g/mol. The summed E-state index contributed by atoms with van der Waals surface area (Å²) in [6.45, 7) is 6.16. The van der Waals surface area contributed by atoms with Crippen molar-refractivity contribution >= 4 is 28.5 Å². The summed E-state index contributed by atoms with van der Waals surface area (Å²) >= 11 is 5.93. The average molecular weight is 411 g/mol. The number of hydrogen-bond acceptors (Lipinski definition) is 3. The molecule has 0 aliphatic carbocycles. The lowest BCUT2D eigenvalue weighted by Crippen LogP contribution is -2.42. The molecule has 1 aliphatic heterocycles. The lowest BCUT2D eigenvalue weighted by Gasteiger charge is -2.31. The zero-order valence-electron chi connectivity index (χ0n) is 16.8. The highest BCUT2D eigenvalue weighted by Gasteiger charge is 2.26. The first kappa shape index (κ1) is 19.9. The van der Waals surface area contributed by atoms with Crippen molar-refractivity contribution in [3.8, 4) is 0 Å². The molecule has 1 aromatic heterocycles. The van der Waals surface area contributed by atoms with Crippen LogP contribution < -0.4 is 5.32 Å². The quantitative estimate of drug-likeness (QED) is 0.661. The fourth-order valence-electron chi connectivity index (χ4n) is 4.15. The maximum atomic E-state index is 12.7. The third-order valence-electron chi connectivity index (χ3n) is 5.67. The molecular weight excluding hydrogens is 384 g/mol. The van der Waals surface area contributed by atoms with E-state index in [4.69, 9.17) is 16.6 Å². The van der Waals surface area contributed by atoms with Gasteiger partial charge in [0.05, 0.1) is 23.5 Å². The van der Waals surface area contributed by atoms with Crippen LogP contribution in [0, 0.1) is 5.92 Å². The highest BCUT2D eigenvalue weighted by atomic mass is 35.5. The van der Waals surface area contributed by atoms with Crippen molar-refractivity contribution in [1.29, 1.82) is 0 Å². The first-order valence-corrected chi connectivity index (χ1v) is 10.7. The lowest BCUT2D eigenvalue weighted by atomic mass is 9.97. The van der Waals surface area contributed by atoms with Gasteiger partial charge in [-0.2, -0.15) is 0 Å². The standard InChI is InChI=1S/C23H27ClN4O/c1-2-28-21-8-4-3-7-20(21)26-22(28)16-27-13-5-6-18(15-27)23(29)25-14-17-9-11-19(24)12-10-17/h3-4,7-12,18H,2,5-6,13-16H2,1H3,(H,25,29)/t18-/m0/s1. The molecule has 1 amide bonds. The van der Waals surface area contributed by atoms with Crippen LogP contribution in [0.3, 0.4) is 0 Å². The number of benzene rings is 2. The molecule has 0 radical (unpaired) electrons. The molecule has 1 fully saturated rings. The van der Waals surface area contributed by atoms with Gasteiger partial charge in [-0.3, -0.25) is 9.69 Å². The summed E-state index contributed by atoms with van der Waals surface area (Å²) in [6, 6.07) is 15.9. The van der Waals surface area contributed by atoms with E-state index >= 15 is 0 Å². The fourth-order valence-corrected chi connectivity index (χ4v) is 4.27. The number of carbonyl (C=O) groups is 1. The van der Waals surface area contributed by atoms with Crippen LogP contribution in [0.2, 0.25) is 5.02 Å². The number of piperidine rings is 1. The van der Waals surface area contributed by atoms with Crippen molar-refractivity contribution in [1.82, 2.24) is 19.8 Å². The number of nitrogens with zero attached hydrogens (tertiary/aromatic N) is 3. The van der Waals surface area contributed by atoms with Crippen molar-refractivity contribution < 1.29 is 4.79 Å². The maximum Gasteiger partial charge on any atom is 0.224 e. The third-order valence-corrected chi connectivity index (χ3v) is 5.92. The largest absolute Gasteiger partial charge is 0.352 e. The topological polar surface area (TPSA) is 50.2 Å². The van der Waals surface area contributed by atoms with Crippen molar-refractivity contribution in [2.45, 2.75) is 39.4 Å². The smallest absolute Gasteiger partial charge is 0.224 e. The molecule has 1 atom stereocenters. The molecule has 4 rings (SSSR count). The molecule has 6 heteroatoms. The maximum absolute atomic E-state index is 12.7. The Kier molecular flexibility index (Phi) is 6.16. The van der Waals surface area contributed by atoms with E-state index in [1.165, 1.54) is 5.52 Å². The summed E-state index contributed by atoms with van der Waals surface area (Å²) in [4.78, 5) is 19.9. The van der Waals surface area contributed by atoms with Gasteiger partial charge in [-0.1, -0.05) is 35.9 Å². The molecule has 2 heterocycles. The van der Waals surface area contributed by atoms with Crippen LogP contribution in [0.4, 0.5) is 0 Å². The molecule has 3 aromatic rings. The summed E-state index contributed by atoms with van der Waals surface area (Å²) in [5, 5.41) is 3.80. The number of fused-ring (bicyclic) bond motifs is 1. The SMILES string of the molecule is CCn1c(CN2CCC[C@H](C(=O)NCc3ccc(Cl)cc3)C2)nc2ccccc21. The minimum absolute atomic E-state index is 0.0236. The van der Waals surface area contributed by atoms with Crippen LogP contribution >= 0.6 is 11.6 Å². The number of rotatable bonds is 6. The molecule has 2 aromatic carbocycles. The number of aryl methyl sites for hydroxylation is 1. The van der Waals surface area contributed by atoms with Crippen molar-refractivity contribution in [3.05, 3.63) is 64.9 Å². The number of para-hydroxylation sites is 2. The third kappa shape index (κ3) is 4.62. The highest BCUT2D eigenvalue weighted by molar-refractivity contribution is 6.30. The zero-order valence-corrected chi connectivity index (χ0v) is 17.5. The van der Waals surface area contributed by atoms with E-state index in [-0.39, 0.29) is 11.8 Å². The predicted molar refractivity (Wildman–Crippen MR) is 117 cm³/mol. The minimum Gasteiger partial charge on any atom is -0.352 e. The van der Waals surface area contributed by atoms with Gasteiger partial charge in [0.1, 0.15) is 5.82 Å². The number of imidazole rings is 1. The van der Waals surface area contributed by atoms with Crippen molar-refractivity contribution in [2.75, 3.05) is 13.1 Å². The van der Waals surface area contributed by atoms with Crippen LogP contribution in [0.15, 0.2) is 48.5 Å². The molecule has 1 N–H and O–H groups in total. The van der Waals surface area contributed by atoms with E-state index in [2.05, 4.69) is 39.9 Å². The van der Waals surface area contributed by atoms with E-state index in [0.717, 1.165) is 55.9 Å². The van der Waals surface area contributed by atoms with Gasteiger partial charge in [0, 0.05) is 24.7 Å². The van der Waals surface area contributed by atoms with Gasteiger partial charge in [-0.15, -0.1) is 0 Å². The van der Waals surface area contributed by atoms with Crippen LogP contribution in [-0.2, 0) is 24.4 Å². The van der Waals surface area contributed by atoms with E-state index < -0.39 is 0 Å². The number of halogens is 1. The summed E-state index contributed by atoms with van der Waals surface area (Å²) in [7, 11) is 0. The minimum atomic E-state index is 0.0236. The Labute approximate surface area is 176 Å². The first-order valence-electron chi connectivity index (χ1n) is 10.3. The van der Waals surface area contributed by atoms with Crippen LogP contribution in [-0.4, -0.2) is 33.4 Å². The van der Waals surface area contributed by atoms with E-state index in [1.54, 1.807) is 0 Å². The van der Waals surface area contributed by atoms with Crippen LogP contribution in [0.5, 0.6) is 0 Å². The molecule has 0 unspecified atom stereocenters. The van der Waals surface area contributed by atoms with E-state index in [0.29, 0.717) is 11.6 Å². The number of carbonyl (C=O) groups excluding carboxylic acids is 1. The van der Waals surface area contributed by atoms with Gasteiger partial charge < -0.3 is 9.88 Å². The summed E-state index contributed by atoms with van der Waals surface area (Å²) in [5.74, 6) is 1.24. The first-order chi connectivity index (χ1) is 14.1. The molecule has 0 spiro atoms. The Balaban J connectivity index is 1.38.